The number of nitro groups is 1. The number of thiophene rings is 1. The van der Waals surface area contributed by atoms with Gasteiger partial charge in [0.05, 0.1) is 15.7 Å². The predicted molar refractivity (Wildman–Crippen MR) is 47.3 cm³/mol. The largest absolute Gasteiger partial charge is 0.287 e. The van der Waals surface area contributed by atoms with Crippen LogP contribution in [0.1, 0.15) is 0 Å². The van der Waals surface area contributed by atoms with Gasteiger partial charge in [-0.3, -0.25) is 10.1 Å². The second-order valence-corrected chi connectivity index (χ2v) is 3.21. The zero-order valence-corrected chi connectivity index (χ0v) is 6.80. The van der Waals surface area contributed by atoms with Gasteiger partial charge in [-0.1, -0.05) is 6.07 Å². The fourth-order valence-corrected chi connectivity index (χ4v) is 1.93. The molecule has 0 fully saturated rings. The van der Waals surface area contributed by atoms with Gasteiger partial charge in [0.1, 0.15) is 0 Å². The number of nitrogens with zero attached hydrogens (tertiary/aromatic N) is 1. The molecule has 0 N–H and O–H groups in total. The molecule has 0 saturated carbocycles. The minimum Gasteiger partial charge on any atom is -0.258 e. The lowest BCUT2D eigenvalue weighted by molar-refractivity contribution is -0.382. The van der Waals surface area contributed by atoms with Crippen LogP contribution in [0, 0.1) is 16.2 Å². The van der Waals surface area contributed by atoms with E-state index in [0.29, 0.717) is 5.39 Å². The molecule has 1 aromatic carbocycles. The summed E-state index contributed by atoms with van der Waals surface area (Å²) in [5.74, 6) is 0. The van der Waals surface area contributed by atoms with Crippen molar-refractivity contribution < 1.29 is 4.92 Å². The first-order chi connectivity index (χ1) is 5.79. The van der Waals surface area contributed by atoms with Crippen LogP contribution in [0.15, 0.2) is 23.6 Å². The van der Waals surface area contributed by atoms with Crippen molar-refractivity contribution in [3.63, 3.8) is 0 Å². The van der Waals surface area contributed by atoms with Crippen LogP contribution in [-0.4, -0.2) is 4.92 Å². The van der Waals surface area contributed by atoms with Crippen LogP contribution >= 0.6 is 11.3 Å². The molecule has 12 heavy (non-hydrogen) atoms. The third kappa shape index (κ3) is 0.967. The number of rotatable bonds is 1. The zero-order chi connectivity index (χ0) is 8.55. The quantitative estimate of drug-likeness (QED) is 0.497. The minimum absolute atomic E-state index is 0.173. The van der Waals surface area contributed by atoms with E-state index in [-0.39, 0.29) is 10.6 Å². The van der Waals surface area contributed by atoms with Crippen molar-refractivity contribution >= 4 is 27.1 Å². The van der Waals surface area contributed by atoms with E-state index in [1.165, 1.54) is 11.3 Å². The van der Waals surface area contributed by atoms with E-state index in [0.717, 1.165) is 4.70 Å². The molecule has 0 amide bonds. The van der Waals surface area contributed by atoms with E-state index < -0.39 is 0 Å². The molecule has 1 radical (unpaired) electrons. The first kappa shape index (κ1) is 7.24. The Hall–Kier alpha value is -1.42. The van der Waals surface area contributed by atoms with E-state index in [1.54, 1.807) is 17.5 Å². The normalized spacial score (nSPS) is 10.3. The fraction of sp³-hybridized carbons (Fsp3) is 0. The molecule has 1 aromatic heterocycles. The van der Waals surface area contributed by atoms with Crippen molar-refractivity contribution in [2.45, 2.75) is 0 Å². The summed E-state index contributed by atoms with van der Waals surface area (Å²) in [6.45, 7) is 0. The highest BCUT2D eigenvalue weighted by atomic mass is 32.1. The third-order valence-corrected chi connectivity index (χ3v) is 2.55. The standard InChI is InChI=1S/C8H4NO2S/c10-9(11)7-5-12-8-4-2-1-3-6(7)8/h2-5H. The van der Waals surface area contributed by atoms with Crippen molar-refractivity contribution in [2.75, 3.05) is 0 Å². The predicted octanol–water partition coefficient (Wildman–Crippen LogP) is 2.61. The Morgan fingerprint density at radius 3 is 3.17 bits per heavy atom. The van der Waals surface area contributed by atoms with Gasteiger partial charge in [0.25, 0.3) is 5.69 Å². The number of hydrogen-bond acceptors (Lipinski definition) is 3. The van der Waals surface area contributed by atoms with Gasteiger partial charge in [-0.05, 0) is 18.2 Å². The molecule has 0 aliphatic rings. The lowest BCUT2D eigenvalue weighted by Gasteiger charge is -1.86. The molecule has 0 saturated heterocycles. The Kier molecular flexibility index (Phi) is 1.55. The van der Waals surface area contributed by atoms with Gasteiger partial charge >= 0.3 is 0 Å². The first-order valence-electron chi connectivity index (χ1n) is 3.31. The summed E-state index contributed by atoms with van der Waals surface area (Å²) in [7, 11) is 0. The maximum Gasteiger partial charge on any atom is 0.287 e. The Labute approximate surface area is 72.4 Å². The number of fused-ring (bicyclic) bond motifs is 1. The molecule has 2 aromatic rings. The summed E-state index contributed by atoms with van der Waals surface area (Å²) < 4.78 is 0.931. The third-order valence-electron chi connectivity index (χ3n) is 1.59. The summed E-state index contributed by atoms with van der Waals surface area (Å²) in [5.41, 5.74) is 0.173. The van der Waals surface area contributed by atoms with Crippen molar-refractivity contribution in [1.82, 2.24) is 0 Å². The van der Waals surface area contributed by atoms with Crippen LogP contribution in [0.2, 0.25) is 0 Å². The van der Waals surface area contributed by atoms with Gasteiger partial charge in [0.15, 0.2) is 0 Å². The highest BCUT2D eigenvalue weighted by Gasteiger charge is 2.12. The van der Waals surface area contributed by atoms with E-state index in [1.807, 2.05) is 6.07 Å². The zero-order valence-electron chi connectivity index (χ0n) is 5.98. The Bertz CT molecular complexity index is 435. The summed E-state index contributed by atoms with van der Waals surface area (Å²) in [6.07, 6.45) is 0. The van der Waals surface area contributed by atoms with Gasteiger partial charge in [-0.2, -0.15) is 0 Å². The smallest absolute Gasteiger partial charge is 0.258 e. The molecular weight excluding hydrogens is 174 g/mol. The lowest BCUT2D eigenvalue weighted by Crippen LogP contribution is -1.84. The van der Waals surface area contributed by atoms with E-state index in [9.17, 15) is 10.1 Å². The molecule has 0 atom stereocenters. The van der Waals surface area contributed by atoms with Crippen LogP contribution in [0.3, 0.4) is 0 Å². The molecule has 2 rings (SSSR count). The molecule has 0 bridgehead atoms. The summed E-state index contributed by atoms with van der Waals surface area (Å²) in [6, 6.07) is 8.04. The van der Waals surface area contributed by atoms with Crippen LogP contribution in [-0.2, 0) is 0 Å². The molecular formula is C8H4NO2S. The molecule has 1 heterocycles. The second kappa shape index (κ2) is 2.57. The monoisotopic (exact) mass is 178 g/mol. The van der Waals surface area contributed by atoms with Crippen molar-refractivity contribution in [1.29, 1.82) is 0 Å². The van der Waals surface area contributed by atoms with E-state index in [4.69, 9.17) is 0 Å². The van der Waals surface area contributed by atoms with E-state index in [2.05, 4.69) is 6.07 Å². The first-order valence-corrected chi connectivity index (χ1v) is 4.18. The van der Waals surface area contributed by atoms with Crippen LogP contribution < -0.4 is 0 Å². The Morgan fingerprint density at radius 1 is 1.58 bits per heavy atom. The van der Waals surface area contributed by atoms with Crippen LogP contribution in [0.4, 0.5) is 5.69 Å². The molecule has 0 unspecified atom stereocenters. The van der Waals surface area contributed by atoms with Gasteiger partial charge in [-0.15, -0.1) is 11.3 Å². The minimum atomic E-state index is -0.368. The molecule has 0 aliphatic carbocycles. The molecule has 0 aliphatic heterocycles. The molecule has 3 nitrogen and oxygen atoms in total. The van der Waals surface area contributed by atoms with E-state index >= 15 is 0 Å². The second-order valence-electron chi connectivity index (χ2n) is 2.30. The van der Waals surface area contributed by atoms with Gasteiger partial charge in [-0.25, -0.2) is 0 Å². The SMILES string of the molecule is O=[N+]([O-])c1csc2cc[c]cc12. The molecule has 59 valence electrons. The fourth-order valence-electron chi connectivity index (χ4n) is 1.04. The average molecular weight is 178 g/mol. The van der Waals surface area contributed by atoms with Gasteiger partial charge in [0.2, 0.25) is 0 Å². The van der Waals surface area contributed by atoms with Crippen LogP contribution in [0.25, 0.3) is 10.1 Å². The highest BCUT2D eigenvalue weighted by molar-refractivity contribution is 7.17. The number of benzene rings is 1. The average Bonchev–Trinajstić information content (AvgIpc) is 2.47. The number of hydrogen-bond donors (Lipinski definition) is 0. The Balaban J connectivity index is 2.79. The molecule has 0 spiro atoms. The van der Waals surface area contributed by atoms with Crippen molar-refractivity contribution in [3.05, 3.63) is 39.8 Å². The summed E-state index contributed by atoms with van der Waals surface area (Å²) >= 11 is 1.38. The topological polar surface area (TPSA) is 43.1 Å². The summed E-state index contributed by atoms with van der Waals surface area (Å²) in [5, 5.41) is 12.7. The maximum atomic E-state index is 10.5. The van der Waals surface area contributed by atoms with Crippen LogP contribution in [0.5, 0.6) is 0 Å². The van der Waals surface area contributed by atoms with Crippen molar-refractivity contribution in [3.8, 4) is 0 Å². The molecule has 4 heteroatoms. The van der Waals surface area contributed by atoms with Gasteiger partial charge in [0, 0.05) is 4.70 Å². The summed E-state index contributed by atoms with van der Waals surface area (Å²) in [4.78, 5) is 10.1. The highest BCUT2D eigenvalue weighted by Crippen LogP contribution is 2.30. The maximum absolute atomic E-state index is 10.5. The van der Waals surface area contributed by atoms with Crippen molar-refractivity contribution in [2.24, 2.45) is 0 Å². The Morgan fingerprint density at radius 2 is 2.42 bits per heavy atom. The van der Waals surface area contributed by atoms with Gasteiger partial charge < -0.3 is 0 Å². The lowest BCUT2D eigenvalue weighted by atomic mass is 10.2.